The highest BCUT2D eigenvalue weighted by Gasteiger charge is 2.34. The smallest absolute Gasteiger partial charge is 0.258 e. The second-order valence-corrected chi connectivity index (χ2v) is 8.14. The summed E-state index contributed by atoms with van der Waals surface area (Å²) in [6.07, 6.45) is 0. The maximum atomic E-state index is 13.4. The molecule has 0 saturated heterocycles. The Morgan fingerprint density at radius 1 is 1.00 bits per heavy atom. The molecule has 1 N–H and O–H groups in total. The molecule has 5 rings (SSSR count). The van der Waals surface area contributed by atoms with E-state index in [0.717, 1.165) is 28.3 Å². The molecule has 1 aromatic heterocycles. The van der Waals surface area contributed by atoms with Crippen LogP contribution in [0.15, 0.2) is 89.1 Å². The highest BCUT2D eigenvalue weighted by Crippen LogP contribution is 2.39. The molecule has 4 aromatic rings. The minimum Gasteiger partial charge on any atom is -0.497 e. The highest BCUT2D eigenvalue weighted by atomic mass is 32.1. The summed E-state index contributed by atoms with van der Waals surface area (Å²) in [4.78, 5) is 6.61. The molecular formula is C26H21FN4O2S. The van der Waals surface area contributed by atoms with E-state index in [4.69, 9.17) is 21.5 Å². The average molecular weight is 473 g/mol. The molecule has 0 spiro atoms. The predicted molar refractivity (Wildman–Crippen MR) is 133 cm³/mol. The van der Waals surface area contributed by atoms with Gasteiger partial charge in [-0.3, -0.25) is 4.90 Å². The minimum absolute atomic E-state index is 0.320. The van der Waals surface area contributed by atoms with Gasteiger partial charge >= 0.3 is 0 Å². The van der Waals surface area contributed by atoms with E-state index in [2.05, 4.69) is 15.5 Å². The monoisotopic (exact) mass is 472 g/mol. The van der Waals surface area contributed by atoms with Crippen LogP contribution >= 0.6 is 12.2 Å². The largest absolute Gasteiger partial charge is 0.497 e. The zero-order valence-electron chi connectivity index (χ0n) is 18.5. The van der Waals surface area contributed by atoms with Gasteiger partial charge in [-0.2, -0.15) is 4.98 Å². The molecule has 0 aliphatic carbocycles. The first-order valence-corrected chi connectivity index (χ1v) is 11.1. The van der Waals surface area contributed by atoms with Crippen molar-refractivity contribution in [3.63, 3.8) is 0 Å². The van der Waals surface area contributed by atoms with Crippen LogP contribution in [0, 0.1) is 5.82 Å². The Kier molecular flexibility index (Phi) is 5.81. The van der Waals surface area contributed by atoms with Crippen molar-refractivity contribution in [1.29, 1.82) is 0 Å². The lowest BCUT2D eigenvalue weighted by atomic mass is 9.94. The van der Waals surface area contributed by atoms with Crippen LogP contribution < -0.4 is 15.0 Å². The molecule has 3 aromatic carbocycles. The molecule has 0 saturated carbocycles. The van der Waals surface area contributed by atoms with Crippen molar-refractivity contribution in [2.75, 3.05) is 12.0 Å². The summed E-state index contributed by atoms with van der Waals surface area (Å²) in [7, 11) is 1.63. The van der Waals surface area contributed by atoms with Crippen LogP contribution in [0.5, 0.6) is 5.75 Å². The van der Waals surface area contributed by atoms with Crippen molar-refractivity contribution in [2.24, 2.45) is 0 Å². The third-order valence-corrected chi connectivity index (χ3v) is 6.01. The molecular weight excluding hydrogens is 451 g/mol. The Morgan fingerprint density at radius 2 is 1.71 bits per heavy atom. The van der Waals surface area contributed by atoms with Gasteiger partial charge in [0.05, 0.1) is 18.7 Å². The summed E-state index contributed by atoms with van der Waals surface area (Å²) in [5.41, 5.74) is 4.21. The topological polar surface area (TPSA) is 63.4 Å². The fourth-order valence-corrected chi connectivity index (χ4v) is 4.36. The quantitative estimate of drug-likeness (QED) is 0.371. The summed E-state index contributed by atoms with van der Waals surface area (Å²) < 4.78 is 24.4. The lowest BCUT2D eigenvalue weighted by Crippen LogP contribution is -2.46. The van der Waals surface area contributed by atoms with Gasteiger partial charge in [0.1, 0.15) is 11.6 Å². The molecule has 1 aliphatic rings. The van der Waals surface area contributed by atoms with Crippen LogP contribution in [0.25, 0.3) is 17.0 Å². The molecule has 0 radical (unpaired) electrons. The molecule has 1 unspecified atom stereocenters. The van der Waals surface area contributed by atoms with Gasteiger partial charge in [0.15, 0.2) is 5.11 Å². The van der Waals surface area contributed by atoms with Crippen LogP contribution in [-0.2, 0) is 0 Å². The van der Waals surface area contributed by atoms with Crippen molar-refractivity contribution in [1.82, 2.24) is 15.5 Å². The number of anilines is 1. The number of halogens is 1. The van der Waals surface area contributed by atoms with Crippen molar-refractivity contribution >= 4 is 28.6 Å². The number of aromatic nitrogens is 2. The Balaban J connectivity index is 1.63. The van der Waals surface area contributed by atoms with Gasteiger partial charge in [0, 0.05) is 16.9 Å². The number of hydrogen-bond acceptors (Lipinski definition) is 5. The third-order valence-electron chi connectivity index (χ3n) is 5.71. The number of allylic oxidation sites excluding steroid dienone is 1. The van der Waals surface area contributed by atoms with Crippen molar-refractivity contribution < 1.29 is 13.7 Å². The first-order valence-electron chi connectivity index (χ1n) is 10.7. The van der Waals surface area contributed by atoms with Gasteiger partial charge in [-0.05, 0) is 73.2 Å². The minimum atomic E-state index is -0.325. The number of nitrogens with one attached hydrogen (secondary N) is 1. The summed E-state index contributed by atoms with van der Waals surface area (Å²) in [5, 5.41) is 8.15. The number of methoxy groups -OCH3 is 1. The molecule has 34 heavy (non-hydrogen) atoms. The molecule has 8 heteroatoms. The van der Waals surface area contributed by atoms with Crippen LogP contribution in [0.2, 0.25) is 0 Å². The lowest BCUT2D eigenvalue weighted by Gasteiger charge is -2.37. The van der Waals surface area contributed by atoms with Gasteiger partial charge in [0.2, 0.25) is 5.82 Å². The van der Waals surface area contributed by atoms with E-state index >= 15 is 0 Å². The van der Waals surface area contributed by atoms with Crippen LogP contribution in [0.1, 0.15) is 24.4 Å². The van der Waals surface area contributed by atoms with Gasteiger partial charge in [-0.1, -0.05) is 35.5 Å². The Bertz CT molecular complexity index is 1350. The van der Waals surface area contributed by atoms with Gasteiger partial charge in [-0.15, -0.1) is 0 Å². The zero-order valence-corrected chi connectivity index (χ0v) is 19.3. The summed E-state index contributed by atoms with van der Waals surface area (Å²) in [6.45, 7) is 1.98. The normalized spacial score (nSPS) is 15.9. The Morgan fingerprint density at radius 3 is 2.38 bits per heavy atom. The first-order chi connectivity index (χ1) is 16.5. The number of para-hydroxylation sites is 1. The molecule has 0 fully saturated rings. The maximum Gasteiger partial charge on any atom is 0.258 e. The van der Waals surface area contributed by atoms with Crippen molar-refractivity contribution in [3.05, 3.63) is 102 Å². The van der Waals surface area contributed by atoms with Gasteiger partial charge in [-0.25, -0.2) is 4.39 Å². The lowest BCUT2D eigenvalue weighted by molar-refractivity contribution is 0.404. The van der Waals surface area contributed by atoms with E-state index in [1.165, 1.54) is 12.1 Å². The SMILES string of the molecule is COc1ccc(C2NC(=S)N(c3ccccc3)C(C)=C2c2nc(-c3ccc(F)cc3)no2)cc1. The van der Waals surface area contributed by atoms with Crippen molar-refractivity contribution in [2.45, 2.75) is 13.0 Å². The van der Waals surface area contributed by atoms with Gasteiger partial charge in [0.25, 0.3) is 5.89 Å². The summed E-state index contributed by atoms with van der Waals surface area (Å²) in [5.74, 6) is 1.16. The Hall–Kier alpha value is -4.04. The zero-order chi connectivity index (χ0) is 23.7. The van der Waals surface area contributed by atoms with E-state index in [9.17, 15) is 4.39 Å². The molecule has 1 atom stereocenters. The highest BCUT2D eigenvalue weighted by molar-refractivity contribution is 7.80. The number of ether oxygens (including phenoxy) is 1. The predicted octanol–water partition coefficient (Wildman–Crippen LogP) is 5.75. The molecule has 2 heterocycles. The summed E-state index contributed by atoms with van der Waals surface area (Å²) in [6, 6.07) is 23.2. The summed E-state index contributed by atoms with van der Waals surface area (Å²) >= 11 is 5.76. The molecule has 0 bridgehead atoms. The van der Waals surface area contributed by atoms with E-state index in [-0.39, 0.29) is 11.9 Å². The van der Waals surface area contributed by atoms with Crippen LogP contribution in [0.3, 0.4) is 0 Å². The first kappa shape index (κ1) is 21.8. The van der Waals surface area contributed by atoms with E-state index in [1.54, 1.807) is 19.2 Å². The van der Waals surface area contributed by atoms with E-state index in [0.29, 0.717) is 22.4 Å². The van der Waals surface area contributed by atoms with Gasteiger partial charge < -0.3 is 14.6 Å². The molecule has 170 valence electrons. The van der Waals surface area contributed by atoms with E-state index < -0.39 is 0 Å². The standard InChI is InChI=1S/C26H21FN4O2S/c1-16-22(25-29-24(30-33-25)18-8-12-19(27)13-9-18)23(17-10-14-21(32-2)15-11-17)28-26(34)31(16)20-6-4-3-5-7-20/h3-15,23H,1-2H3,(H,28,34). The fraction of sp³-hybridized carbons (Fsp3) is 0.115. The molecule has 1 aliphatic heterocycles. The van der Waals surface area contributed by atoms with Crippen LogP contribution in [-0.4, -0.2) is 22.4 Å². The number of hydrogen-bond donors (Lipinski definition) is 1. The van der Waals surface area contributed by atoms with Crippen molar-refractivity contribution in [3.8, 4) is 17.1 Å². The maximum absolute atomic E-state index is 13.4. The second kappa shape index (κ2) is 9.07. The average Bonchev–Trinajstić information content (AvgIpc) is 3.34. The number of rotatable bonds is 5. The molecule has 6 nitrogen and oxygen atoms in total. The number of nitrogens with zero attached hydrogens (tertiary/aromatic N) is 3. The molecule has 0 amide bonds. The number of benzene rings is 3. The Labute approximate surface area is 201 Å². The van der Waals surface area contributed by atoms with E-state index in [1.807, 2.05) is 66.4 Å². The fourth-order valence-electron chi connectivity index (χ4n) is 4.00. The van der Waals surface area contributed by atoms with Crippen LogP contribution in [0.4, 0.5) is 10.1 Å². The third kappa shape index (κ3) is 4.04. The second-order valence-electron chi connectivity index (χ2n) is 7.76. The number of thiocarbonyl (C=S) groups is 1.